The number of carbonyl (C=O) groups excluding carboxylic acids is 1. The quantitative estimate of drug-likeness (QED) is 0.592. The van der Waals surface area contributed by atoms with Crippen LogP contribution in [-0.4, -0.2) is 17.0 Å². The molecular formula is C8H13NO3. The summed E-state index contributed by atoms with van der Waals surface area (Å²) in [5.74, 6) is -2.32. The van der Waals surface area contributed by atoms with Gasteiger partial charge in [-0.3, -0.25) is 9.59 Å². The first-order valence-electron chi connectivity index (χ1n) is 3.59. The van der Waals surface area contributed by atoms with Crippen molar-refractivity contribution in [2.24, 2.45) is 11.7 Å². The monoisotopic (exact) mass is 171 g/mol. The fourth-order valence-corrected chi connectivity index (χ4v) is 0.910. The van der Waals surface area contributed by atoms with E-state index in [1.54, 1.807) is 6.92 Å². The highest BCUT2D eigenvalue weighted by molar-refractivity contribution is 5.81. The average molecular weight is 171 g/mol. The van der Waals surface area contributed by atoms with Gasteiger partial charge in [0, 0.05) is 6.42 Å². The van der Waals surface area contributed by atoms with E-state index in [-0.39, 0.29) is 6.42 Å². The van der Waals surface area contributed by atoms with E-state index in [2.05, 4.69) is 6.58 Å². The van der Waals surface area contributed by atoms with E-state index in [4.69, 9.17) is 10.8 Å². The molecule has 3 N–H and O–H groups in total. The van der Waals surface area contributed by atoms with Crippen molar-refractivity contribution in [3.63, 3.8) is 0 Å². The molecule has 1 amide bonds. The molecule has 0 aliphatic carbocycles. The maximum absolute atomic E-state index is 10.5. The molecular weight excluding hydrogens is 158 g/mol. The van der Waals surface area contributed by atoms with Crippen LogP contribution in [0.2, 0.25) is 0 Å². The number of carbonyl (C=O) groups is 2. The van der Waals surface area contributed by atoms with Crippen molar-refractivity contribution in [2.75, 3.05) is 0 Å². The highest BCUT2D eigenvalue weighted by Crippen LogP contribution is 2.13. The van der Waals surface area contributed by atoms with Gasteiger partial charge >= 0.3 is 5.97 Å². The number of carboxylic acid groups (broad SMARTS) is 1. The van der Waals surface area contributed by atoms with E-state index in [1.165, 1.54) is 0 Å². The predicted octanol–water partition coefficient (Wildman–Crippen LogP) is 0.529. The Kier molecular flexibility index (Phi) is 4.04. The first kappa shape index (κ1) is 10.7. The Morgan fingerprint density at radius 3 is 2.25 bits per heavy atom. The molecule has 0 aromatic carbocycles. The van der Waals surface area contributed by atoms with E-state index < -0.39 is 17.8 Å². The maximum Gasteiger partial charge on any atom is 0.307 e. The van der Waals surface area contributed by atoms with Crippen LogP contribution in [0.5, 0.6) is 0 Å². The largest absolute Gasteiger partial charge is 0.481 e. The Hall–Kier alpha value is -1.32. The molecule has 4 heteroatoms. The molecule has 0 aliphatic heterocycles. The molecule has 0 saturated heterocycles. The van der Waals surface area contributed by atoms with Crippen molar-refractivity contribution in [3.8, 4) is 0 Å². The van der Waals surface area contributed by atoms with Gasteiger partial charge < -0.3 is 10.8 Å². The third-order valence-corrected chi connectivity index (χ3v) is 1.39. The third-order valence-electron chi connectivity index (χ3n) is 1.39. The van der Waals surface area contributed by atoms with E-state index in [1.807, 2.05) is 0 Å². The number of hydrogen-bond donors (Lipinski definition) is 2. The van der Waals surface area contributed by atoms with Gasteiger partial charge in [-0.25, -0.2) is 0 Å². The van der Waals surface area contributed by atoms with E-state index in [9.17, 15) is 9.59 Å². The number of allylic oxidation sites excluding steroid dienone is 1. The van der Waals surface area contributed by atoms with Gasteiger partial charge in [-0.1, -0.05) is 5.57 Å². The highest BCUT2D eigenvalue weighted by atomic mass is 16.4. The Labute approximate surface area is 71.1 Å². The zero-order valence-corrected chi connectivity index (χ0v) is 7.04. The van der Waals surface area contributed by atoms with E-state index in [0.717, 1.165) is 5.57 Å². The summed E-state index contributed by atoms with van der Waals surface area (Å²) in [5, 5.41) is 8.62. The molecule has 0 aromatic rings. The summed E-state index contributed by atoms with van der Waals surface area (Å²) in [7, 11) is 0. The van der Waals surface area contributed by atoms with Crippen molar-refractivity contribution in [1.29, 1.82) is 0 Å². The fraction of sp³-hybridized carbons (Fsp3) is 0.500. The molecule has 0 rings (SSSR count). The molecule has 1 unspecified atom stereocenters. The minimum Gasteiger partial charge on any atom is -0.481 e. The number of primary amides is 1. The number of nitrogens with two attached hydrogens (primary N) is 1. The summed E-state index contributed by atoms with van der Waals surface area (Å²) in [4.78, 5) is 20.9. The molecule has 0 radical (unpaired) electrons. The number of aliphatic carboxylic acids is 1. The zero-order valence-electron chi connectivity index (χ0n) is 7.04. The van der Waals surface area contributed by atoms with Crippen LogP contribution in [0.4, 0.5) is 0 Å². The molecule has 0 aliphatic rings. The van der Waals surface area contributed by atoms with Gasteiger partial charge in [-0.05, 0) is 13.3 Å². The summed E-state index contributed by atoms with van der Waals surface area (Å²) in [6.07, 6.45) is 0.181. The van der Waals surface area contributed by atoms with Crippen LogP contribution in [0.1, 0.15) is 19.8 Å². The lowest BCUT2D eigenvalue weighted by Crippen LogP contribution is -2.22. The first-order chi connectivity index (χ1) is 5.43. The lowest BCUT2D eigenvalue weighted by molar-refractivity contribution is -0.143. The topological polar surface area (TPSA) is 80.4 Å². The molecule has 1 atom stereocenters. The average Bonchev–Trinajstić information content (AvgIpc) is 1.83. The molecule has 0 saturated carbocycles. The van der Waals surface area contributed by atoms with Crippen molar-refractivity contribution < 1.29 is 14.7 Å². The smallest absolute Gasteiger partial charge is 0.307 e. The van der Waals surface area contributed by atoms with Crippen LogP contribution < -0.4 is 5.73 Å². The molecule has 12 heavy (non-hydrogen) atoms. The van der Waals surface area contributed by atoms with Crippen LogP contribution in [0, 0.1) is 5.92 Å². The predicted molar refractivity (Wildman–Crippen MR) is 44.4 cm³/mol. The number of rotatable bonds is 5. The van der Waals surface area contributed by atoms with Crippen molar-refractivity contribution in [3.05, 3.63) is 12.2 Å². The van der Waals surface area contributed by atoms with Gasteiger partial charge in [0.25, 0.3) is 0 Å². The molecule has 0 aromatic heterocycles. The third kappa shape index (κ3) is 4.49. The second kappa shape index (κ2) is 4.54. The summed E-state index contributed by atoms with van der Waals surface area (Å²) in [6, 6.07) is 0. The molecule has 68 valence electrons. The van der Waals surface area contributed by atoms with Gasteiger partial charge in [-0.15, -0.1) is 6.58 Å². The normalized spacial score (nSPS) is 12.1. The summed E-state index contributed by atoms with van der Waals surface area (Å²) < 4.78 is 0. The second-order valence-corrected chi connectivity index (χ2v) is 2.87. The van der Waals surface area contributed by atoms with Crippen molar-refractivity contribution in [2.45, 2.75) is 19.8 Å². The van der Waals surface area contributed by atoms with Crippen molar-refractivity contribution in [1.82, 2.24) is 0 Å². The number of amides is 1. The second-order valence-electron chi connectivity index (χ2n) is 2.87. The van der Waals surface area contributed by atoms with Gasteiger partial charge in [0.2, 0.25) is 5.91 Å². The lowest BCUT2D eigenvalue weighted by Gasteiger charge is -2.08. The molecule has 0 heterocycles. The Bertz CT molecular complexity index is 194. The molecule has 0 spiro atoms. The summed E-state index contributed by atoms with van der Waals surface area (Å²) >= 11 is 0. The molecule has 0 bridgehead atoms. The van der Waals surface area contributed by atoms with Crippen LogP contribution >= 0.6 is 0 Å². The van der Waals surface area contributed by atoms with Crippen LogP contribution in [0.3, 0.4) is 0 Å². The van der Waals surface area contributed by atoms with Gasteiger partial charge in [0.1, 0.15) is 0 Å². The SMILES string of the molecule is C=C(C)CC(CC(N)=O)C(=O)O. The minimum atomic E-state index is -1.00. The lowest BCUT2D eigenvalue weighted by atomic mass is 9.98. The van der Waals surface area contributed by atoms with Crippen LogP contribution in [0.15, 0.2) is 12.2 Å². The Balaban J connectivity index is 4.14. The van der Waals surface area contributed by atoms with Crippen LogP contribution in [0.25, 0.3) is 0 Å². The first-order valence-corrected chi connectivity index (χ1v) is 3.59. The van der Waals surface area contributed by atoms with Gasteiger partial charge in [0.05, 0.1) is 5.92 Å². The molecule has 0 fully saturated rings. The van der Waals surface area contributed by atoms with E-state index >= 15 is 0 Å². The molecule has 4 nitrogen and oxygen atoms in total. The van der Waals surface area contributed by atoms with E-state index in [0.29, 0.717) is 6.42 Å². The Morgan fingerprint density at radius 1 is 1.50 bits per heavy atom. The zero-order chi connectivity index (χ0) is 9.72. The standard InChI is InChI=1S/C8H13NO3/c1-5(2)3-6(8(11)12)4-7(9)10/h6H,1,3-4H2,2H3,(H2,9,10)(H,11,12). The van der Waals surface area contributed by atoms with Gasteiger partial charge in [0.15, 0.2) is 0 Å². The highest BCUT2D eigenvalue weighted by Gasteiger charge is 2.19. The maximum atomic E-state index is 10.5. The Morgan fingerprint density at radius 2 is 2.00 bits per heavy atom. The van der Waals surface area contributed by atoms with Crippen LogP contribution in [-0.2, 0) is 9.59 Å². The number of hydrogen-bond acceptors (Lipinski definition) is 2. The summed E-state index contributed by atoms with van der Waals surface area (Å²) in [5.41, 5.74) is 5.61. The fourth-order valence-electron chi connectivity index (χ4n) is 0.910. The van der Waals surface area contributed by atoms with Crippen molar-refractivity contribution >= 4 is 11.9 Å². The minimum absolute atomic E-state index is 0.123. The summed E-state index contributed by atoms with van der Waals surface area (Å²) in [6.45, 7) is 5.29. The van der Waals surface area contributed by atoms with Gasteiger partial charge in [-0.2, -0.15) is 0 Å². The number of carboxylic acids is 1.